The highest BCUT2D eigenvalue weighted by Gasteiger charge is 2.36. The van der Waals surface area contributed by atoms with E-state index in [9.17, 15) is 14.4 Å². The van der Waals surface area contributed by atoms with E-state index in [1.807, 2.05) is 19.6 Å². The van der Waals surface area contributed by atoms with Crippen LogP contribution < -0.4 is 0 Å². The van der Waals surface area contributed by atoms with E-state index in [-0.39, 0.29) is 22.9 Å². The molecular weight excluding hydrogens is 344 g/mol. The third kappa shape index (κ3) is 3.20. The van der Waals surface area contributed by atoms with Gasteiger partial charge in [-0.05, 0) is 45.6 Å². The molecule has 2 aromatic carbocycles. The summed E-state index contributed by atoms with van der Waals surface area (Å²) in [7, 11) is -1.93. The largest absolute Gasteiger partial charge is 0.405 e. The Bertz CT molecular complexity index is 935. The quantitative estimate of drug-likeness (QED) is 0.511. The highest BCUT2D eigenvalue weighted by molar-refractivity contribution is 6.70. The lowest BCUT2D eigenvalue weighted by Gasteiger charge is -2.32. The van der Waals surface area contributed by atoms with Crippen molar-refractivity contribution in [3.63, 3.8) is 0 Å². The summed E-state index contributed by atoms with van der Waals surface area (Å²) >= 11 is 0. The standard InChI is InChI=1S/C21H22O4Si/c1-21(2,25-26(3,4)5)20(24)13-10-11-16-17(12-13)19(23)15-9-7-6-8-14(15)18(16)22/h6-12H,1-5H3. The first-order valence-electron chi connectivity index (χ1n) is 8.59. The van der Waals surface area contributed by atoms with Crippen molar-refractivity contribution < 1.29 is 18.8 Å². The number of ketones is 3. The van der Waals surface area contributed by atoms with Crippen LogP contribution in [0.5, 0.6) is 0 Å². The molecule has 26 heavy (non-hydrogen) atoms. The number of hydrogen-bond acceptors (Lipinski definition) is 4. The molecule has 0 radical (unpaired) electrons. The van der Waals surface area contributed by atoms with Gasteiger partial charge in [-0.1, -0.05) is 30.3 Å². The van der Waals surface area contributed by atoms with Gasteiger partial charge in [-0.2, -0.15) is 0 Å². The van der Waals surface area contributed by atoms with E-state index in [2.05, 4.69) is 0 Å². The fourth-order valence-electron chi connectivity index (χ4n) is 3.40. The van der Waals surface area contributed by atoms with E-state index in [1.54, 1.807) is 50.2 Å². The Kier molecular flexibility index (Phi) is 4.33. The molecule has 0 atom stereocenters. The van der Waals surface area contributed by atoms with E-state index >= 15 is 0 Å². The van der Waals surface area contributed by atoms with Crippen molar-refractivity contribution in [3.8, 4) is 0 Å². The first-order chi connectivity index (χ1) is 12.0. The van der Waals surface area contributed by atoms with Crippen molar-refractivity contribution in [1.82, 2.24) is 0 Å². The molecule has 0 saturated carbocycles. The van der Waals surface area contributed by atoms with Gasteiger partial charge in [0.05, 0.1) is 0 Å². The Hall–Kier alpha value is -2.37. The second-order valence-corrected chi connectivity index (χ2v) is 12.4. The molecule has 0 saturated heterocycles. The Labute approximate surface area is 154 Å². The zero-order valence-electron chi connectivity index (χ0n) is 15.7. The van der Waals surface area contributed by atoms with Crippen LogP contribution in [-0.2, 0) is 4.43 Å². The normalized spacial score (nSPS) is 14.0. The van der Waals surface area contributed by atoms with Crippen molar-refractivity contribution in [2.45, 2.75) is 39.1 Å². The van der Waals surface area contributed by atoms with Crippen molar-refractivity contribution in [2.24, 2.45) is 0 Å². The van der Waals surface area contributed by atoms with Gasteiger partial charge in [0.15, 0.2) is 25.7 Å². The molecule has 1 aliphatic rings. The smallest absolute Gasteiger partial charge is 0.194 e. The molecular formula is C21H22O4Si. The van der Waals surface area contributed by atoms with Gasteiger partial charge < -0.3 is 4.43 Å². The summed E-state index contributed by atoms with van der Waals surface area (Å²) < 4.78 is 6.03. The zero-order valence-corrected chi connectivity index (χ0v) is 16.7. The number of fused-ring (bicyclic) bond motifs is 2. The van der Waals surface area contributed by atoms with Crippen molar-refractivity contribution in [1.29, 1.82) is 0 Å². The number of rotatable bonds is 4. The highest BCUT2D eigenvalue weighted by Crippen LogP contribution is 2.30. The Morgan fingerprint density at radius 1 is 0.846 bits per heavy atom. The number of carbonyl (C=O) groups excluding carboxylic acids is 3. The third-order valence-corrected chi connectivity index (χ3v) is 5.42. The van der Waals surface area contributed by atoms with Gasteiger partial charge in [-0.15, -0.1) is 0 Å². The number of Topliss-reactive ketones (excluding diaryl/α,β-unsaturated/α-hetero) is 1. The Morgan fingerprint density at radius 2 is 1.35 bits per heavy atom. The molecule has 0 aliphatic heterocycles. The summed E-state index contributed by atoms with van der Waals surface area (Å²) in [5.74, 6) is -0.609. The predicted octanol–water partition coefficient (Wildman–Crippen LogP) is 4.27. The Morgan fingerprint density at radius 3 is 1.88 bits per heavy atom. The van der Waals surface area contributed by atoms with Crippen LogP contribution in [-0.4, -0.2) is 31.3 Å². The SMILES string of the molecule is CC(C)(O[Si](C)(C)C)C(=O)c1ccc2c(c1)C(=O)c1ccccc1C2=O. The van der Waals surface area contributed by atoms with Crippen LogP contribution >= 0.6 is 0 Å². The average molecular weight is 366 g/mol. The zero-order chi connectivity index (χ0) is 19.3. The fourth-order valence-corrected chi connectivity index (χ4v) is 5.02. The minimum absolute atomic E-state index is 0.188. The van der Waals surface area contributed by atoms with Crippen LogP contribution in [0.4, 0.5) is 0 Å². The van der Waals surface area contributed by atoms with Gasteiger partial charge >= 0.3 is 0 Å². The topological polar surface area (TPSA) is 60.4 Å². The summed E-state index contributed by atoms with van der Waals surface area (Å²) in [6.45, 7) is 9.56. The number of benzene rings is 2. The van der Waals surface area contributed by atoms with Crippen LogP contribution in [0.25, 0.3) is 0 Å². The van der Waals surface area contributed by atoms with Gasteiger partial charge in [0.2, 0.25) is 0 Å². The maximum absolute atomic E-state index is 13.0. The lowest BCUT2D eigenvalue weighted by atomic mass is 9.82. The van der Waals surface area contributed by atoms with Crippen molar-refractivity contribution in [2.75, 3.05) is 0 Å². The molecule has 1 aliphatic carbocycles. The first-order valence-corrected chi connectivity index (χ1v) is 12.0. The molecule has 4 nitrogen and oxygen atoms in total. The first kappa shape index (κ1) is 18.4. The van der Waals surface area contributed by atoms with E-state index in [0.717, 1.165) is 0 Å². The lowest BCUT2D eigenvalue weighted by Crippen LogP contribution is -2.44. The molecule has 0 unspecified atom stereocenters. The highest BCUT2D eigenvalue weighted by atomic mass is 28.4. The maximum atomic E-state index is 13.0. The summed E-state index contributed by atoms with van der Waals surface area (Å²) in [4.78, 5) is 38.4. The summed E-state index contributed by atoms with van der Waals surface area (Å²) in [6, 6.07) is 11.5. The lowest BCUT2D eigenvalue weighted by molar-refractivity contribution is 0.0557. The van der Waals surface area contributed by atoms with Gasteiger partial charge in [0.25, 0.3) is 0 Å². The second kappa shape index (κ2) is 6.11. The minimum Gasteiger partial charge on any atom is -0.405 e. The molecule has 3 rings (SSSR count). The van der Waals surface area contributed by atoms with Gasteiger partial charge in [-0.3, -0.25) is 14.4 Å². The summed E-state index contributed by atoms with van der Waals surface area (Å²) in [5, 5.41) is 0. The Balaban J connectivity index is 2.03. The molecule has 0 amide bonds. The van der Waals surface area contributed by atoms with Gasteiger partial charge in [-0.25, -0.2) is 0 Å². The maximum Gasteiger partial charge on any atom is 0.194 e. The van der Waals surface area contributed by atoms with Crippen molar-refractivity contribution >= 4 is 25.7 Å². The second-order valence-electron chi connectivity index (χ2n) is 8.02. The van der Waals surface area contributed by atoms with Crippen LogP contribution in [0, 0.1) is 0 Å². The van der Waals surface area contributed by atoms with E-state index in [0.29, 0.717) is 22.3 Å². The fraction of sp³-hybridized carbons (Fsp3) is 0.286. The van der Waals surface area contributed by atoms with E-state index in [4.69, 9.17) is 4.43 Å². The molecule has 0 N–H and O–H groups in total. The minimum atomic E-state index is -1.93. The molecule has 0 spiro atoms. The third-order valence-electron chi connectivity index (χ3n) is 4.30. The van der Waals surface area contributed by atoms with Crippen LogP contribution in [0.3, 0.4) is 0 Å². The molecule has 134 valence electrons. The van der Waals surface area contributed by atoms with Gasteiger partial charge in [0, 0.05) is 27.8 Å². The van der Waals surface area contributed by atoms with Crippen LogP contribution in [0.1, 0.15) is 56.0 Å². The van der Waals surface area contributed by atoms with Crippen LogP contribution in [0.15, 0.2) is 42.5 Å². The average Bonchev–Trinajstić information content (AvgIpc) is 2.56. The molecule has 0 bridgehead atoms. The monoisotopic (exact) mass is 366 g/mol. The van der Waals surface area contributed by atoms with Gasteiger partial charge in [0.1, 0.15) is 5.60 Å². The molecule has 2 aromatic rings. The van der Waals surface area contributed by atoms with E-state index in [1.165, 1.54) is 6.07 Å². The molecule has 5 heteroatoms. The molecule has 0 aromatic heterocycles. The van der Waals surface area contributed by atoms with Crippen LogP contribution in [0.2, 0.25) is 19.6 Å². The number of hydrogen-bond donors (Lipinski definition) is 0. The molecule has 0 fully saturated rings. The predicted molar refractivity (Wildman–Crippen MR) is 103 cm³/mol. The van der Waals surface area contributed by atoms with E-state index < -0.39 is 13.9 Å². The number of carbonyl (C=O) groups is 3. The molecule has 0 heterocycles. The summed E-state index contributed by atoms with van der Waals surface area (Å²) in [5.41, 5.74) is 0.807. The van der Waals surface area contributed by atoms with Crippen molar-refractivity contribution in [3.05, 3.63) is 70.3 Å². The summed E-state index contributed by atoms with van der Waals surface area (Å²) in [6.07, 6.45) is 0.